The minimum absolute atomic E-state index is 0.194. The summed E-state index contributed by atoms with van der Waals surface area (Å²) in [7, 11) is 1.31. The van der Waals surface area contributed by atoms with Crippen molar-refractivity contribution in [2.75, 3.05) is 7.11 Å². The third-order valence-corrected chi connectivity index (χ3v) is 3.66. The molecule has 1 aliphatic heterocycles. The summed E-state index contributed by atoms with van der Waals surface area (Å²) in [5, 5.41) is 0.194. The molecule has 2 unspecified atom stereocenters. The Labute approximate surface area is 122 Å². The van der Waals surface area contributed by atoms with Crippen molar-refractivity contribution in [3.8, 4) is 0 Å². The lowest BCUT2D eigenvalue weighted by Gasteiger charge is -2.28. The molecule has 0 saturated carbocycles. The summed E-state index contributed by atoms with van der Waals surface area (Å²) in [6, 6.07) is 9.27. The topological polar surface area (TPSA) is 55.7 Å². The maximum atomic E-state index is 12.0. The Balaban J connectivity index is 2.61. The highest BCUT2D eigenvalue weighted by atomic mass is 35.5. The number of rotatable bonds is 3. The van der Waals surface area contributed by atoms with E-state index in [4.69, 9.17) is 16.3 Å². The molecule has 0 radical (unpaired) electrons. The summed E-state index contributed by atoms with van der Waals surface area (Å²) in [6.45, 7) is 1.69. The van der Waals surface area contributed by atoms with E-state index >= 15 is 0 Å². The number of esters is 1. The van der Waals surface area contributed by atoms with Crippen LogP contribution in [0.2, 0.25) is 0 Å². The fourth-order valence-electron chi connectivity index (χ4n) is 2.39. The Morgan fingerprint density at radius 2 is 2.00 bits per heavy atom. The number of allylic oxidation sites excluding steroid dienone is 1. The van der Waals surface area contributed by atoms with Crippen molar-refractivity contribution < 1.29 is 14.3 Å². The Morgan fingerprint density at radius 3 is 2.55 bits per heavy atom. The first-order valence-electron chi connectivity index (χ1n) is 6.13. The lowest BCUT2D eigenvalue weighted by molar-refractivity contribution is -0.136. The summed E-state index contributed by atoms with van der Waals surface area (Å²) < 4.78 is 4.81. The number of aliphatic imine (C=N–C) groups is 1. The Morgan fingerprint density at radius 1 is 1.35 bits per heavy atom. The Hall–Kier alpha value is -1.94. The fraction of sp³-hybridized carbons (Fsp3) is 0.267. The number of hydrogen-bond donors (Lipinski definition) is 0. The van der Waals surface area contributed by atoms with Crippen molar-refractivity contribution in [3.63, 3.8) is 0 Å². The molecular weight excluding hydrogens is 278 g/mol. The minimum atomic E-state index is -0.670. The molecule has 2 atom stereocenters. The Bertz CT molecular complexity index is 592. The van der Waals surface area contributed by atoms with Gasteiger partial charge in [-0.05, 0) is 12.5 Å². The van der Waals surface area contributed by atoms with E-state index in [1.807, 2.05) is 30.3 Å². The number of hydrogen-bond acceptors (Lipinski definition) is 4. The van der Waals surface area contributed by atoms with Crippen LogP contribution in [-0.2, 0) is 14.3 Å². The zero-order chi connectivity index (χ0) is 14.7. The van der Waals surface area contributed by atoms with Crippen LogP contribution in [0.25, 0.3) is 0 Å². The second-order valence-corrected chi connectivity index (χ2v) is 4.86. The van der Waals surface area contributed by atoms with E-state index in [1.165, 1.54) is 7.11 Å². The van der Waals surface area contributed by atoms with E-state index in [0.717, 1.165) is 11.8 Å². The van der Waals surface area contributed by atoms with E-state index < -0.39 is 17.8 Å². The van der Waals surface area contributed by atoms with Gasteiger partial charge in [-0.25, -0.2) is 9.79 Å². The third-order valence-electron chi connectivity index (χ3n) is 3.32. The van der Waals surface area contributed by atoms with Crippen molar-refractivity contribution >= 4 is 29.0 Å². The first-order valence-corrected chi connectivity index (χ1v) is 6.51. The van der Waals surface area contributed by atoms with Gasteiger partial charge in [-0.15, -0.1) is 0 Å². The largest absolute Gasteiger partial charge is 0.466 e. The molecule has 0 aromatic heterocycles. The predicted molar refractivity (Wildman–Crippen MR) is 76.7 cm³/mol. The fourth-order valence-corrected chi connectivity index (χ4v) is 2.70. The van der Waals surface area contributed by atoms with Gasteiger partial charge >= 0.3 is 5.97 Å². The zero-order valence-electron chi connectivity index (χ0n) is 11.2. The van der Waals surface area contributed by atoms with Crippen molar-refractivity contribution in [2.45, 2.75) is 12.8 Å². The van der Waals surface area contributed by atoms with Gasteiger partial charge in [0.05, 0.1) is 18.6 Å². The molecule has 1 heterocycles. The van der Waals surface area contributed by atoms with Gasteiger partial charge in [-0.2, -0.15) is 0 Å². The molecule has 20 heavy (non-hydrogen) atoms. The van der Waals surface area contributed by atoms with E-state index in [0.29, 0.717) is 11.3 Å². The van der Waals surface area contributed by atoms with Crippen LogP contribution in [0.4, 0.5) is 0 Å². The van der Waals surface area contributed by atoms with Gasteiger partial charge < -0.3 is 9.53 Å². The number of methoxy groups -OCH3 is 1. The van der Waals surface area contributed by atoms with Crippen LogP contribution < -0.4 is 0 Å². The Kier molecular flexibility index (Phi) is 4.35. The molecule has 0 N–H and O–H groups in total. The minimum Gasteiger partial charge on any atom is -0.466 e. The summed E-state index contributed by atoms with van der Waals surface area (Å²) in [5.74, 6) is -1.63. The van der Waals surface area contributed by atoms with E-state index in [1.54, 1.807) is 6.92 Å². The SMILES string of the molecule is COC(=O)C1=C(C)N=C(Cl)C(C=O)C1c1ccccc1. The molecule has 0 bridgehead atoms. The highest BCUT2D eigenvalue weighted by Gasteiger charge is 2.38. The van der Waals surface area contributed by atoms with Gasteiger partial charge in [0.25, 0.3) is 0 Å². The van der Waals surface area contributed by atoms with Gasteiger partial charge in [0.2, 0.25) is 0 Å². The second kappa shape index (κ2) is 6.01. The molecule has 0 fully saturated rings. The molecule has 0 aliphatic carbocycles. The van der Waals surface area contributed by atoms with Crippen molar-refractivity contribution in [1.82, 2.24) is 0 Å². The third kappa shape index (κ3) is 2.51. The molecule has 104 valence electrons. The number of aldehydes is 1. The van der Waals surface area contributed by atoms with Gasteiger partial charge in [0.1, 0.15) is 11.5 Å². The molecular formula is C15H14ClNO3. The van der Waals surface area contributed by atoms with Gasteiger partial charge in [0, 0.05) is 11.6 Å². The van der Waals surface area contributed by atoms with Crippen molar-refractivity contribution in [2.24, 2.45) is 10.9 Å². The monoisotopic (exact) mass is 291 g/mol. The van der Waals surface area contributed by atoms with Crippen molar-refractivity contribution in [3.05, 3.63) is 47.2 Å². The number of benzene rings is 1. The average molecular weight is 292 g/mol. The van der Waals surface area contributed by atoms with Gasteiger partial charge in [-0.3, -0.25) is 0 Å². The van der Waals surface area contributed by atoms with Crippen LogP contribution in [0, 0.1) is 5.92 Å². The van der Waals surface area contributed by atoms with Crippen molar-refractivity contribution in [1.29, 1.82) is 0 Å². The molecule has 1 aliphatic rings. The first-order chi connectivity index (χ1) is 9.60. The normalized spacial score (nSPS) is 22.2. The van der Waals surface area contributed by atoms with E-state index in [9.17, 15) is 9.59 Å². The number of nitrogens with zero attached hydrogens (tertiary/aromatic N) is 1. The maximum Gasteiger partial charge on any atom is 0.336 e. The van der Waals surface area contributed by atoms with Gasteiger partial charge in [-0.1, -0.05) is 41.9 Å². The number of halogens is 1. The molecule has 1 aromatic carbocycles. The summed E-state index contributed by atoms with van der Waals surface area (Å²) in [5.41, 5.74) is 1.69. The first kappa shape index (κ1) is 14.5. The van der Waals surface area contributed by atoms with Crippen LogP contribution in [0.1, 0.15) is 18.4 Å². The number of carbonyl (C=O) groups excluding carboxylic acids is 2. The molecule has 4 nitrogen and oxygen atoms in total. The maximum absolute atomic E-state index is 12.0. The number of carbonyl (C=O) groups is 2. The quantitative estimate of drug-likeness (QED) is 0.635. The van der Waals surface area contributed by atoms with Crippen LogP contribution >= 0.6 is 11.6 Å². The summed E-state index contributed by atoms with van der Waals surface area (Å²) >= 11 is 6.07. The van der Waals surface area contributed by atoms with E-state index in [2.05, 4.69) is 4.99 Å². The standard InChI is InChI=1S/C15H14ClNO3/c1-9-12(15(19)20-2)13(10-6-4-3-5-7-10)11(8-18)14(16)17-9/h3-8,11,13H,1-2H3. The number of ether oxygens (including phenoxy) is 1. The molecule has 2 rings (SSSR count). The van der Waals surface area contributed by atoms with E-state index in [-0.39, 0.29) is 5.17 Å². The highest BCUT2D eigenvalue weighted by Crippen LogP contribution is 2.39. The van der Waals surface area contributed by atoms with Crippen LogP contribution in [0.3, 0.4) is 0 Å². The smallest absolute Gasteiger partial charge is 0.336 e. The second-order valence-electron chi connectivity index (χ2n) is 4.48. The lowest BCUT2D eigenvalue weighted by atomic mass is 9.79. The average Bonchev–Trinajstić information content (AvgIpc) is 2.46. The lowest BCUT2D eigenvalue weighted by Crippen LogP contribution is -2.30. The van der Waals surface area contributed by atoms with Gasteiger partial charge in [0.15, 0.2) is 0 Å². The molecule has 0 amide bonds. The summed E-state index contributed by atoms with van der Waals surface area (Å²) in [6.07, 6.45) is 0.721. The van der Waals surface area contributed by atoms with Crippen LogP contribution in [0.15, 0.2) is 46.6 Å². The molecule has 0 spiro atoms. The zero-order valence-corrected chi connectivity index (χ0v) is 11.9. The molecule has 1 aromatic rings. The van der Waals surface area contributed by atoms with Crippen LogP contribution in [-0.4, -0.2) is 24.5 Å². The summed E-state index contributed by atoms with van der Waals surface area (Å²) in [4.78, 5) is 27.5. The van der Waals surface area contributed by atoms with Crippen LogP contribution in [0.5, 0.6) is 0 Å². The molecule has 5 heteroatoms. The predicted octanol–water partition coefficient (Wildman–Crippen LogP) is 2.68. The highest BCUT2D eigenvalue weighted by molar-refractivity contribution is 6.67. The molecule has 0 saturated heterocycles.